The van der Waals surface area contributed by atoms with E-state index in [-0.39, 0.29) is 5.97 Å². The summed E-state index contributed by atoms with van der Waals surface area (Å²) in [6, 6.07) is 0. The van der Waals surface area contributed by atoms with Crippen LogP contribution in [0.5, 0.6) is 0 Å². The highest BCUT2D eigenvalue weighted by Crippen LogP contribution is 2.09. The minimum atomic E-state index is -0.268. The number of nitrogens with zero attached hydrogens (tertiary/aromatic N) is 1. The van der Waals surface area contributed by atoms with Gasteiger partial charge in [-0.1, -0.05) is 6.58 Å². The van der Waals surface area contributed by atoms with Crippen LogP contribution < -0.4 is 0 Å². The Labute approximate surface area is 112 Å². The third-order valence-corrected chi connectivity index (χ3v) is 3.87. The molecule has 0 unspecified atom stereocenters. The molecule has 0 aromatic carbocycles. The molecule has 0 rings (SSSR count). The normalized spacial score (nSPS) is 11.3. The lowest BCUT2D eigenvalue weighted by atomic mass is 10.2. The van der Waals surface area contributed by atoms with Gasteiger partial charge in [-0.05, 0) is 47.0 Å². The highest BCUT2D eigenvalue weighted by atomic mass is 16.5. The van der Waals surface area contributed by atoms with E-state index in [1.807, 2.05) is 0 Å². The van der Waals surface area contributed by atoms with Crippen molar-refractivity contribution in [2.24, 2.45) is 0 Å². The molecule has 0 bridgehead atoms. The zero-order chi connectivity index (χ0) is 14.0. The molecule has 0 aliphatic carbocycles. The fourth-order valence-electron chi connectivity index (χ4n) is 2.16. The molecule has 0 heterocycles. The van der Waals surface area contributed by atoms with Gasteiger partial charge in [0.25, 0.3) is 0 Å². The summed E-state index contributed by atoms with van der Waals surface area (Å²) < 4.78 is 6.27. The van der Waals surface area contributed by atoms with Crippen molar-refractivity contribution < 1.29 is 14.0 Å². The van der Waals surface area contributed by atoms with Crippen LogP contribution in [0.15, 0.2) is 12.2 Å². The first-order valence-electron chi connectivity index (χ1n) is 7.19. The van der Waals surface area contributed by atoms with Gasteiger partial charge >= 0.3 is 5.97 Å². The van der Waals surface area contributed by atoms with Gasteiger partial charge in [0.2, 0.25) is 0 Å². The molecule has 0 amide bonds. The molecule has 0 saturated heterocycles. The van der Waals surface area contributed by atoms with Crippen LogP contribution in [-0.4, -0.2) is 43.2 Å². The number of unbranched alkanes of at least 4 members (excludes halogenated alkanes) is 2. The maximum atomic E-state index is 11.1. The molecule has 3 heteroatoms. The van der Waals surface area contributed by atoms with Crippen LogP contribution in [0.2, 0.25) is 0 Å². The molecule has 0 aromatic heterocycles. The zero-order valence-electron chi connectivity index (χ0n) is 12.6. The highest BCUT2D eigenvalue weighted by Gasteiger charge is 2.19. The lowest BCUT2D eigenvalue weighted by molar-refractivity contribution is -0.923. The van der Waals surface area contributed by atoms with Crippen molar-refractivity contribution in [1.29, 1.82) is 0 Å². The number of hydrogen-bond donors (Lipinski definition) is 0. The van der Waals surface area contributed by atoms with Crippen LogP contribution in [0.3, 0.4) is 0 Å². The van der Waals surface area contributed by atoms with E-state index < -0.39 is 0 Å². The summed E-state index contributed by atoms with van der Waals surface area (Å²) in [5.74, 6) is -0.268. The topological polar surface area (TPSA) is 26.3 Å². The number of ether oxygens (including phenoxy) is 1. The number of carbonyl (C=O) groups excluding carboxylic acids is 1. The van der Waals surface area contributed by atoms with Crippen LogP contribution in [-0.2, 0) is 9.53 Å². The summed E-state index contributed by atoms with van der Waals surface area (Å²) in [5.41, 5.74) is 0.480. The van der Waals surface area contributed by atoms with Crippen molar-refractivity contribution in [2.45, 2.75) is 47.0 Å². The molecule has 3 nitrogen and oxygen atoms in total. The van der Waals surface area contributed by atoms with Crippen LogP contribution >= 0.6 is 0 Å². The van der Waals surface area contributed by atoms with Gasteiger partial charge in [0.05, 0.1) is 32.8 Å². The average molecular weight is 256 g/mol. The predicted molar refractivity (Wildman–Crippen MR) is 76.4 cm³/mol. The van der Waals surface area contributed by atoms with Crippen molar-refractivity contribution >= 4 is 5.97 Å². The summed E-state index contributed by atoms with van der Waals surface area (Å²) in [4.78, 5) is 11.1. The molecular weight excluding hydrogens is 226 g/mol. The Morgan fingerprint density at radius 3 is 2.06 bits per heavy atom. The van der Waals surface area contributed by atoms with Gasteiger partial charge in [-0.2, -0.15) is 0 Å². The van der Waals surface area contributed by atoms with Crippen LogP contribution in [0, 0.1) is 0 Å². The van der Waals surface area contributed by atoms with Gasteiger partial charge in [0.1, 0.15) is 0 Å². The average Bonchev–Trinajstić information content (AvgIpc) is 2.38. The lowest BCUT2D eigenvalue weighted by Crippen LogP contribution is -2.48. The van der Waals surface area contributed by atoms with Crippen LogP contribution in [0.1, 0.15) is 47.0 Å². The van der Waals surface area contributed by atoms with Crippen molar-refractivity contribution in [2.75, 3.05) is 32.8 Å². The van der Waals surface area contributed by atoms with Crippen molar-refractivity contribution in [3.63, 3.8) is 0 Å². The van der Waals surface area contributed by atoms with Gasteiger partial charge < -0.3 is 9.22 Å². The molecule has 0 saturated carbocycles. The second kappa shape index (κ2) is 9.15. The number of esters is 1. The fourth-order valence-corrected chi connectivity index (χ4v) is 2.16. The van der Waals surface area contributed by atoms with E-state index in [2.05, 4.69) is 27.4 Å². The number of quaternary nitrogens is 1. The van der Waals surface area contributed by atoms with Crippen molar-refractivity contribution in [3.8, 4) is 0 Å². The Morgan fingerprint density at radius 2 is 1.61 bits per heavy atom. The highest BCUT2D eigenvalue weighted by molar-refractivity contribution is 5.86. The van der Waals surface area contributed by atoms with E-state index in [9.17, 15) is 4.79 Å². The Bertz CT molecular complexity index is 249. The predicted octanol–water partition coefficient (Wildman–Crippen LogP) is 3.15. The molecule has 0 spiro atoms. The van der Waals surface area contributed by atoms with Gasteiger partial charge in [-0.15, -0.1) is 0 Å². The second-order valence-corrected chi connectivity index (χ2v) is 4.99. The fraction of sp³-hybridized carbons (Fsp3) is 0.800. The maximum absolute atomic E-state index is 11.1. The summed E-state index contributed by atoms with van der Waals surface area (Å²) in [7, 11) is 0. The van der Waals surface area contributed by atoms with Gasteiger partial charge in [0.15, 0.2) is 0 Å². The minimum Gasteiger partial charge on any atom is -0.462 e. The van der Waals surface area contributed by atoms with E-state index in [0.29, 0.717) is 12.2 Å². The van der Waals surface area contributed by atoms with Gasteiger partial charge in [-0.25, -0.2) is 4.79 Å². The molecule has 106 valence electrons. The molecule has 18 heavy (non-hydrogen) atoms. The third kappa shape index (κ3) is 6.20. The molecule has 0 atom stereocenters. The second-order valence-electron chi connectivity index (χ2n) is 4.99. The molecule has 0 aliphatic heterocycles. The Morgan fingerprint density at radius 1 is 1.06 bits per heavy atom. The van der Waals surface area contributed by atoms with E-state index in [0.717, 1.165) is 12.8 Å². The van der Waals surface area contributed by atoms with Gasteiger partial charge in [-0.3, -0.25) is 0 Å². The molecule has 0 aliphatic rings. The largest absolute Gasteiger partial charge is 0.462 e. The van der Waals surface area contributed by atoms with Gasteiger partial charge in [0, 0.05) is 5.57 Å². The smallest absolute Gasteiger partial charge is 0.333 e. The summed E-state index contributed by atoms with van der Waals surface area (Å²) in [5, 5.41) is 0. The van der Waals surface area contributed by atoms with E-state index in [1.165, 1.54) is 37.1 Å². The Hall–Kier alpha value is -0.830. The summed E-state index contributed by atoms with van der Waals surface area (Å²) >= 11 is 0. The van der Waals surface area contributed by atoms with Crippen LogP contribution in [0.25, 0.3) is 0 Å². The first kappa shape index (κ1) is 17.2. The first-order chi connectivity index (χ1) is 8.51. The summed E-state index contributed by atoms with van der Waals surface area (Å²) in [6.07, 6.45) is 3.29. The molecule has 0 fully saturated rings. The Kier molecular flexibility index (Phi) is 8.73. The number of carbonyl (C=O) groups is 1. The zero-order valence-corrected chi connectivity index (χ0v) is 12.6. The Balaban J connectivity index is 3.67. The van der Waals surface area contributed by atoms with Crippen molar-refractivity contribution in [3.05, 3.63) is 12.2 Å². The minimum absolute atomic E-state index is 0.268. The SMILES string of the molecule is C=C(C)C(=O)OCCCCC[N+](CC)(CC)CC. The standard InChI is InChI=1S/C15H30NO2/c1-6-16(7-2,8-3)12-10-9-11-13-18-15(17)14(4)5/h4,6-13H2,1-3,5H3/q+1. The van der Waals surface area contributed by atoms with E-state index >= 15 is 0 Å². The van der Waals surface area contributed by atoms with Crippen molar-refractivity contribution in [1.82, 2.24) is 0 Å². The molecule has 0 radical (unpaired) electrons. The lowest BCUT2D eigenvalue weighted by Gasteiger charge is -2.35. The molecule has 0 N–H and O–H groups in total. The molecular formula is C15H30NO2+. The maximum Gasteiger partial charge on any atom is 0.333 e. The third-order valence-electron chi connectivity index (χ3n) is 3.87. The van der Waals surface area contributed by atoms with E-state index in [4.69, 9.17) is 4.74 Å². The first-order valence-corrected chi connectivity index (χ1v) is 7.19. The quantitative estimate of drug-likeness (QED) is 0.260. The van der Waals surface area contributed by atoms with Crippen LogP contribution in [0.4, 0.5) is 0 Å². The number of rotatable bonds is 10. The monoisotopic (exact) mass is 256 g/mol. The van der Waals surface area contributed by atoms with E-state index in [1.54, 1.807) is 6.92 Å². The number of hydrogen-bond acceptors (Lipinski definition) is 2. The summed E-state index contributed by atoms with van der Waals surface area (Å²) in [6.45, 7) is 17.4. The molecule has 0 aromatic rings.